The van der Waals surface area contributed by atoms with Crippen molar-refractivity contribution >= 4 is 5.78 Å². The van der Waals surface area contributed by atoms with Crippen molar-refractivity contribution in [1.29, 1.82) is 0 Å². The lowest BCUT2D eigenvalue weighted by atomic mass is 9.75. The average molecular weight is 276 g/mol. The molecule has 0 aromatic heterocycles. The van der Waals surface area contributed by atoms with Crippen LogP contribution < -0.4 is 9.47 Å². The number of methoxy groups -OCH3 is 2. The summed E-state index contributed by atoms with van der Waals surface area (Å²) in [4.78, 5) is 13.0. The van der Waals surface area contributed by atoms with Gasteiger partial charge in [0.15, 0.2) is 17.3 Å². The number of ether oxygens (including phenoxy) is 2. The summed E-state index contributed by atoms with van der Waals surface area (Å²) in [5.74, 6) is 1.58. The quantitative estimate of drug-likeness (QED) is 0.757. The zero-order valence-electron chi connectivity index (χ0n) is 12.9. The Balaban J connectivity index is 2.44. The van der Waals surface area contributed by atoms with E-state index in [4.69, 9.17) is 9.47 Å². The summed E-state index contributed by atoms with van der Waals surface area (Å²) >= 11 is 0. The van der Waals surface area contributed by atoms with Crippen molar-refractivity contribution in [2.75, 3.05) is 14.2 Å². The Morgan fingerprint density at radius 2 is 1.70 bits per heavy atom. The predicted octanol–water partition coefficient (Wildman–Crippen LogP) is 4.17. The molecule has 1 aliphatic rings. The number of ketones is 1. The Morgan fingerprint density at radius 1 is 1.15 bits per heavy atom. The summed E-state index contributed by atoms with van der Waals surface area (Å²) in [6.07, 6.45) is 5.25. The van der Waals surface area contributed by atoms with E-state index in [0.29, 0.717) is 11.5 Å². The van der Waals surface area contributed by atoms with Crippen LogP contribution in [0.5, 0.6) is 11.5 Å². The number of carbonyl (C=O) groups is 1. The number of hydrogen-bond acceptors (Lipinski definition) is 3. The van der Waals surface area contributed by atoms with Gasteiger partial charge in [0, 0.05) is 11.0 Å². The van der Waals surface area contributed by atoms with Gasteiger partial charge in [-0.25, -0.2) is 0 Å². The van der Waals surface area contributed by atoms with Crippen molar-refractivity contribution in [3.63, 3.8) is 0 Å². The minimum atomic E-state index is -0.162. The Morgan fingerprint density at radius 3 is 2.20 bits per heavy atom. The van der Waals surface area contributed by atoms with E-state index >= 15 is 0 Å². The maximum atomic E-state index is 13.0. The Labute approximate surface area is 121 Å². The van der Waals surface area contributed by atoms with E-state index in [1.54, 1.807) is 14.2 Å². The topological polar surface area (TPSA) is 35.5 Å². The van der Waals surface area contributed by atoms with Gasteiger partial charge in [-0.1, -0.05) is 19.8 Å². The summed E-state index contributed by atoms with van der Waals surface area (Å²) in [5, 5.41) is 0. The molecule has 110 valence electrons. The monoisotopic (exact) mass is 276 g/mol. The smallest absolute Gasteiger partial charge is 0.169 e. The first-order valence-corrected chi connectivity index (χ1v) is 7.35. The second-order valence-corrected chi connectivity index (χ2v) is 5.69. The van der Waals surface area contributed by atoms with Crippen LogP contribution in [0.2, 0.25) is 0 Å². The molecule has 1 aliphatic carbocycles. The van der Waals surface area contributed by atoms with Crippen LogP contribution in [0.1, 0.15) is 54.9 Å². The summed E-state index contributed by atoms with van der Waals surface area (Å²) in [5.41, 5.74) is 1.59. The van der Waals surface area contributed by atoms with E-state index in [9.17, 15) is 4.79 Å². The molecule has 0 unspecified atom stereocenters. The molecule has 1 saturated carbocycles. The van der Waals surface area contributed by atoms with Crippen molar-refractivity contribution < 1.29 is 14.3 Å². The van der Waals surface area contributed by atoms with Crippen molar-refractivity contribution in [3.8, 4) is 11.5 Å². The second-order valence-electron chi connectivity index (χ2n) is 5.69. The van der Waals surface area contributed by atoms with Gasteiger partial charge in [0.25, 0.3) is 0 Å². The minimum absolute atomic E-state index is 0.162. The molecule has 20 heavy (non-hydrogen) atoms. The molecule has 0 saturated heterocycles. The van der Waals surface area contributed by atoms with Gasteiger partial charge in [0.2, 0.25) is 0 Å². The largest absolute Gasteiger partial charge is 0.493 e. The van der Waals surface area contributed by atoms with E-state index < -0.39 is 0 Å². The van der Waals surface area contributed by atoms with Crippen LogP contribution in [0.25, 0.3) is 0 Å². The summed E-state index contributed by atoms with van der Waals surface area (Å²) < 4.78 is 10.6. The number of aryl methyl sites for hydroxylation is 1. The Hall–Kier alpha value is -1.51. The lowest BCUT2D eigenvalue weighted by molar-refractivity contribution is 0.0790. The highest BCUT2D eigenvalue weighted by Crippen LogP contribution is 2.45. The zero-order chi connectivity index (χ0) is 14.8. The van der Waals surface area contributed by atoms with Crippen LogP contribution in [0.15, 0.2) is 12.1 Å². The van der Waals surface area contributed by atoms with Crippen molar-refractivity contribution in [2.24, 2.45) is 5.41 Å². The summed E-state index contributed by atoms with van der Waals surface area (Å²) in [6, 6.07) is 3.73. The molecule has 1 aromatic rings. The van der Waals surface area contributed by atoms with Gasteiger partial charge >= 0.3 is 0 Å². The molecule has 0 aliphatic heterocycles. The van der Waals surface area contributed by atoms with Gasteiger partial charge in [-0.2, -0.15) is 0 Å². The molecule has 0 atom stereocenters. The molecule has 0 radical (unpaired) electrons. The highest BCUT2D eigenvalue weighted by molar-refractivity contribution is 6.02. The molecule has 3 heteroatoms. The van der Waals surface area contributed by atoms with Crippen molar-refractivity contribution in [3.05, 3.63) is 23.3 Å². The van der Waals surface area contributed by atoms with Gasteiger partial charge in [-0.15, -0.1) is 0 Å². The molecule has 0 amide bonds. The first kappa shape index (κ1) is 14.9. The average Bonchev–Trinajstić information content (AvgIpc) is 2.96. The lowest BCUT2D eigenvalue weighted by Crippen LogP contribution is -2.28. The van der Waals surface area contributed by atoms with Crippen molar-refractivity contribution in [1.82, 2.24) is 0 Å². The van der Waals surface area contributed by atoms with Gasteiger partial charge in [0.1, 0.15) is 0 Å². The first-order chi connectivity index (χ1) is 9.57. The van der Waals surface area contributed by atoms with Gasteiger partial charge < -0.3 is 9.47 Å². The first-order valence-electron chi connectivity index (χ1n) is 7.35. The van der Waals surface area contributed by atoms with Crippen LogP contribution in [0.3, 0.4) is 0 Å². The van der Waals surface area contributed by atoms with Crippen LogP contribution >= 0.6 is 0 Å². The van der Waals surface area contributed by atoms with E-state index in [-0.39, 0.29) is 11.2 Å². The number of carbonyl (C=O) groups excluding carboxylic acids is 1. The molecular weight excluding hydrogens is 252 g/mol. The number of rotatable bonds is 5. The normalized spacial score (nSPS) is 17.0. The maximum Gasteiger partial charge on any atom is 0.169 e. The predicted molar refractivity (Wildman–Crippen MR) is 79.8 cm³/mol. The molecule has 1 fully saturated rings. The number of benzene rings is 1. The fraction of sp³-hybridized carbons (Fsp3) is 0.588. The maximum absolute atomic E-state index is 13.0. The van der Waals surface area contributed by atoms with Gasteiger partial charge in [-0.05, 0) is 43.9 Å². The fourth-order valence-electron chi connectivity index (χ4n) is 3.30. The second kappa shape index (κ2) is 5.86. The van der Waals surface area contributed by atoms with Crippen LogP contribution in [-0.2, 0) is 0 Å². The summed E-state index contributed by atoms with van der Waals surface area (Å²) in [6.45, 7) is 4.09. The highest BCUT2D eigenvalue weighted by atomic mass is 16.5. The third-order valence-electron chi connectivity index (χ3n) is 4.69. The van der Waals surface area contributed by atoms with Crippen LogP contribution in [-0.4, -0.2) is 20.0 Å². The molecule has 2 rings (SSSR count). The molecule has 1 aromatic carbocycles. The zero-order valence-corrected chi connectivity index (χ0v) is 12.9. The van der Waals surface area contributed by atoms with E-state index in [2.05, 4.69) is 6.92 Å². The standard InChI is InChI=1S/C17H24O3/c1-5-17(8-6-7-9-17)16(18)13-11-15(20-4)14(19-3)10-12(13)2/h10-11H,5-9H2,1-4H3. The summed E-state index contributed by atoms with van der Waals surface area (Å²) in [7, 11) is 3.22. The van der Waals surface area contributed by atoms with E-state index in [1.165, 1.54) is 0 Å². The number of hydrogen-bond donors (Lipinski definition) is 0. The van der Waals surface area contributed by atoms with Crippen LogP contribution in [0, 0.1) is 12.3 Å². The Kier molecular flexibility index (Phi) is 4.36. The third kappa shape index (κ3) is 2.41. The van der Waals surface area contributed by atoms with E-state index in [0.717, 1.165) is 43.2 Å². The minimum Gasteiger partial charge on any atom is -0.493 e. The van der Waals surface area contributed by atoms with Crippen LogP contribution in [0.4, 0.5) is 0 Å². The third-order valence-corrected chi connectivity index (χ3v) is 4.69. The molecule has 0 heterocycles. The molecule has 0 N–H and O–H groups in total. The molecule has 3 nitrogen and oxygen atoms in total. The molecular formula is C17H24O3. The van der Waals surface area contributed by atoms with E-state index in [1.807, 2.05) is 19.1 Å². The highest BCUT2D eigenvalue weighted by Gasteiger charge is 2.40. The number of Topliss-reactive ketones (excluding diaryl/α,β-unsaturated/α-hetero) is 1. The Bertz CT molecular complexity index is 499. The fourth-order valence-corrected chi connectivity index (χ4v) is 3.30. The van der Waals surface area contributed by atoms with Gasteiger partial charge in [0.05, 0.1) is 14.2 Å². The van der Waals surface area contributed by atoms with Gasteiger partial charge in [-0.3, -0.25) is 4.79 Å². The van der Waals surface area contributed by atoms with Crippen molar-refractivity contribution in [2.45, 2.75) is 46.0 Å². The SMILES string of the molecule is CCC1(C(=O)c2cc(OC)c(OC)cc2C)CCCC1. The molecule has 0 bridgehead atoms. The lowest BCUT2D eigenvalue weighted by Gasteiger charge is -2.27. The molecule has 0 spiro atoms.